The molecule has 64 valence electrons. The molecular formula is Ag2Yb3. The SMILES string of the molecule is [Ag].[Ag].[Yb].[Yb].[Yb]. The summed E-state index contributed by atoms with van der Waals surface area (Å²) in [4.78, 5) is 0. The summed E-state index contributed by atoms with van der Waals surface area (Å²) < 4.78 is 0. The predicted molar refractivity (Wildman–Crippen MR) is 0 cm³/mol. The molecule has 5 heteroatoms. The molecule has 0 aliphatic carbocycles. The maximum atomic E-state index is 0. The average molecular weight is 735 g/mol. The predicted octanol–water partition coefficient (Wildman–Crippen LogP) is -0.00500. The van der Waals surface area contributed by atoms with Crippen LogP contribution in [0.15, 0.2) is 0 Å². The van der Waals surface area contributed by atoms with E-state index in [-0.39, 0.29) is 186 Å². The Morgan fingerprint density at radius 3 is 0.400 bits per heavy atom. The van der Waals surface area contributed by atoms with Crippen LogP contribution in [0.5, 0.6) is 0 Å². The van der Waals surface area contributed by atoms with E-state index in [0.29, 0.717) is 0 Å². The quantitative estimate of drug-likeness (QED) is 0.308. The molecule has 0 saturated heterocycles. The zero-order valence-electron chi connectivity index (χ0n) is 1.40. The molecule has 0 aliphatic rings. The van der Waals surface area contributed by atoms with Gasteiger partial charge in [0.25, 0.3) is 0 Å². The smallest absolute Gasteiger partial charge is 0 e. The second-order valence-electron chi connectivity index (χ2n) is 0. The molecule has 0 aromatic rings. The van der Waals surface area contributed by atoms with Gasteiger partial charge in [-0.3, -0.25) is 0 Å². The van der Waals surface area contributed by atoms with Crippen LogP contribution >= 0.6 is 0 Å². The van der Waals surface area contributed by atoms with Gasteiger partial charge in [0.1, 0.15) is 0 Å². The summed E-state index contributed by atoms with van der Waals surface area (Å²) >= 11 is 0. The molecule has 0 saturated carbocycles. The van der Waals surface area contributed by atoms with Gasteiger partial charge in [0.2, 0.25) is 0 Å². The van der Waals surface area contributed by atoms with E-state index in [0.717, 1.165) is 0 Å². The van der Waals surface area contributed by atoms with Gasteiger partial charge in [0, 0.05) is 186 Å². The van der Waals surface area contributed by atoms with Crippen molar-refractivity contribution in [3.05, 3.63) is 0 Å². The standard InChI is InChI=1S/2Ag.3Yb. The van der Waals surface area contributed by atoms with Crippen molar-refractivity contribution in [1.29, 1.82) is 0 Å². The Kier molecular flexibility index (Phi) is 137. The van der Waals surface area contributed by atoms with E-state index in [1.54, 1.807) is 0 Å². The van der Waals surface area contributed by atoms with Gasteiger partial charge >= 0.3 is 0 Å². The van der Waals surface area contributed by atoms with Crippen molar-refractivity contribution in [3.63, 3.8) is 0 Å². The molecule has 0 fully saturated rings. The van der Waals surface area contributed by atoms with Crippen LogP contribution in [0, 0.1) is 141 Å². The molecule has 0 N–H and O–H groups in total. The van der Waals surface area contributed by atoms with E-state index in [2.05, 4.69) is 0 Å². The fourth-order valence-corrected chi connectivity index (χ4v) is 0. The molecule has 0 aromatic heterocycles. The van der Waals surface area contributed by atoms with Crippen molar-refractivity contribution in [1.82, 2.24) is 0 Å². The Morgan fingerprint density at radius 1 is 0.400 bits per heavy atom. The second kappa shape index (κ2) is 22.5. The van der Waals surface area contributed by atoms with Crippen LogP contribution in [-0.2, 0) is 44.8 Å². The number of hydrogen-bond donors (Lipinski definition) is 0. The van der Waals surface area contributed by atoms with Crippen molar-refractivity contribution in [2.45, 2.75) is 0 Å². The molecular weight excluding hydrogens is 735 g/mol. The first-order valence-corrected chi connectivity index (χ1v) is 0. The topological polar surface area (TPSA) is 0 Å². The summed E-state index contributed by atoms with van der Waals surface area (Å²) in [7, 11) is 0. The van der Waals surface area contributed by atoms with Crippen molar-refractivity contribution >= 4 is 0 Å². The molecule has 0 bridgehead atoms. The maximum Gasteiger partial charge on any atom is 0 e. The Morgan fingerprint density at radius 2 is 0.400 bits per heavy atom. The summed E-state index contributed by atoms with van der Waals surface area (Å²) in [5.74, 6) is 0. The molecule has 0 aliphatic heterocycles. The minimum atomic E-state index is 0. The monoisotopic (exact) mass is 736 g/mol. The largest absolute Gasteiger partial charge is 0 e. The van der Waals surface area contributed by atoms with Gasteiger partial charge in [0.15, 0.2) is 0 Å². The van der Waals surface area contributed by atoms with E-state index < -0.39 is 0 Å². The number of hydrogen-bond acceptors (Lipinski definition) is 0. The molecule has 0 heterocycles. The number of rotatable bonds is 0. The fourth-order valence-electron chi connectivity index (χ4n) is 0. The van der Waals surface area contributed by atoms with Crippen molar-refractivity contribution in [2.75, 3.05) is 0 Å². The van der Waals surface area contributed by atoms with Crippen molar-refractivity contribution < 1.29 is 186 Å². The van der Waals surface area contributed by atoms with Crippen molar-refractivity contribution in [3.8, 4) is 0 Å². The van der Waals surface area contributed by atoms with Crippen LogP contribution in [0.2, 0.25) is 0 Å². The average Bonchev–Trinajstić information content (AvgIpc) is 0. The van der Waals surface area contributed by atoms with E-state index in [1.807, 2.05) is 0 Å². The third-order valence-electron chi connectivity index (χ3n) is 0. The minimum Gasteiger partial charge on any atom is 0 e. The summed E-state index contributed by atoms with van der Waals surface area (Å²) in [6, 6.07) is 0. The summed E-state index contributed by atoms with van der Waals surface area (Å²) in [5, 5.41) is 0. The van der Waals surface area contributed by atoms with E-state index in [1.165, 1.54) is 0 Å². The zero-order chi connectivity index (χ0) is 0. The van der Waals surface area contributed by atoms with Crippen LogP contribution in [0.4, 0.5) is 0 Å². The van der Waals surface area contributed by atoms with Gasteiger partial charge in [-0.1, -0.05) is 0 Å². The molecule has 0 atom stereocenters. The minimum absolute atomic E-state index is 0. The molecule has 0 aromatic carbocycles. The van der Waals surface area contributed by atoms with Gasteiger partial charge in [-0.15, -0.1) is 0 Å². The zero-order valence-corrected chi connectivity index (χ0v) is 9.51. The normalized spacial score (nSPS) is 0. The van der Waals surface area contributed by atoms with Gasteiger partial charge in [-0.05, 0) is 0 Å². The maximum absolute atomic E-state index is 0. The van der Waals surface area contributed by atoms with Crippen molar-refractivity contribution in [2.24, 2.45) is 0 Å². The van der Waals surface area contributed by atoms with Crippen LogP contribution in [0.3, 0.4) is 0 Å². The summed E-state index contributed by atoms with van der Waals surface area (Å²) in [6.45, 7) is 0. The third-order valence-corrected chi connectivity index (χ3v) is 0. The summed E-state index contributed by atoms with van der Waals surface area (Å²) in [6.07, 6.45) is 0. The fraction of sp³-hybridized carbons (Fsp3) is 0. The first-order chi connectivity index (χ1) is 0. The molecule has 0 amide bonds. The van der Waals surface area contributed by atoms with Gasteiger partial charge in [-0.2, -0.15) is 0 Å². The van der Waals surface area contributed by atoms with Gasteiger partial charge < -0.3 is 0 Å². The molecule has 5 heavy (non-hydrogen) atoms. The van der Waals surface area contributed by atoms with Crippen LogP contribution in [-0.4, -0.2) is 0 Å². The van der Waals surface area contributed by atoms with Crippen LogP contribution < -0.4 is 0 Å². The Hall–Kier alpha value is 6.04. The molecule has 0 rings (SSSR count). The van der Waals surface area contributed by atoms with E-state index in [9.17, 15) is 0 Å². The summed E-state index contributed by atoms with van der Waals surface area (Å²) in [5.41, 5.74) is 0. The Balaban J connectivity index is 0. The molecule has 2 radical (unpaired) electrons. The van der Waals surface area contributed by atoms with Crippen LogP contribution in [0.25, 0.3) is 0 Å². The Bertz CT molecular complexity index is 4.85. The molecule has 0 spiro atoms. The van der Waals surface area contributed by atoms with E-state index >= 15 is 0 Å². The second-order valence-corrected chi connectivity index (χ2v) is 0. The third kappa shape index (κ3) is 17.8. The Labute approximate surface area is 179 Å². The van der Waals surface area contributed by atoms with Crippen LogP contribution in [0.1, 0.15) is 0 Å². The molecule has 0 nitrogen and oxygen atoms in total. The van der Waals surface area contributed by atoms with E-state index in [4.69, 9.17) is 0 Å². The molecule has 0 unspecified atom stereocenters. The van der Waals surface area contributed by atoms with Gasteiger partial charge in [-0.25, -0.2) is 0 Å². The van der Waals surface area contributed by atoms with Gasteiger partial charge in [0.05, 0.1) is 0 Å². The first-order valence-electron chi connectivity index (χ1n) is 0. The first kappa shape index (κ1) is 30.5.